The molecule has 1 aliphatic heterocycles. The van der Waals surface area contributed by atoms with Gasteiger partial charge in [0.15, 0.2) is 11.5 Å². The lowest BCUT2D eigenvalue weighted by Crippen LogP contribution is -2.02. The minimum absolute atomic E-state index is 0.00971. The molecule has 5 rings (SSSR count). The topological polar surface area (TPSA) is 48.7 Å². The van der Waals surface area contributed by atoms with Gasteiger partial charge in [-0.1, -0.05) is 17.7 Å². The number of rotatable bonds is 0. The number of ether oxygens (including phenoxy) is 2. The molecule has 112 valence electrons. The normalized spacial score (nSPS) is 13.3. The molecule has 0 aliphatic carbocycles. The summed E-state index contributed by atoms with van der Waals surface area (Å²) >= 11 is 0. The standard InChI is InChI=1S/C19H12O4/c1-10-2-5-15-14(6-10)18(20)12-4-3-11-7-16-17(22-9-21-16)8-13(11)19(12)23-15/h2-8H,9H2,1H3. The van der Waals surface area contributed by atoms with Crippen LogP contribution in [-0.4, -0.2) is 6.79 Å². The molecule has 0 fully saturated rings. The largest absolute Gasteiger partial charge is 0.455 e. The molecule has 0 radical (unpaired) electrons. The van der Waals surface area contributed by atoms with Gasteiger partial charge in [-0.3, -0.25) is 4.79 Å². The van der Waals surface area contributed by atoms with Crippen molar-refractivity contribution in [2.75, 3.05) is 6.79 Å². The molecule has 4 nitrogen and oxygen atoms in total. The van der Waals surface area contributed by atoms with Gasteiger partial charge in [-0.2, -0.15) is 0 Å². The van der Waals surface area contributed by atoms with Crippen molar-refractivity contribution < 1.29 is 13.9 Å². The molecule has 4 heteroatoms. The Labute approximate surface area is 130 Å². The van der Waals surface area contributed by atoms with E-state index in [1.165, 1.54) is 0 Å². The monoisotopic (exact) mass is 304 g/mol. The second kappa shape index (κ2) is 4.26. The van der Waals surface area contributed by atoms with Crippen LogP contribution in [0.1, 0.15) is 5.56 Å². The van der Waals surface area contributed by atoms with Crippen LogP contribution in [0.2, 0.25) is 0 Å². The first-order chi connectivity index (χ1) is 11.2. The van der Waals surface area contributed by atoms with Crippen LogP contribution in [0.15, 0.2) is 51.7 Å². The first-order valence-electron chi connectivity index (χ1n) is 7.40. The van der Waals surface area contributed by atoms with Gasteiger partial charge in [0.1, 0.15) is 11.2 Å². The summed E-state index contributed by atoms with van der Waals surface area (Å²) in [5.41, 5.74) is 2.21. The highest BCUT2D eigenvalue weighted by atomic mass is 16.7. The Balaban J connectivity index is 1.99. The van der Waals surface area contributed by atoms with E-state index in [4.69, 9.17) is 13.9 Å². The van der Waals surface area contributed by atoms with Gasteiger partial charge in [-0.25, -0.2) is 0 Å². The lowest BCUT2D eigenvalue weighted by molar-refractivity contribution is 0.174. The minimum Gasteiger partial charge on any atom is -0.455 e. The summed E-state index contributed by atoms with van der Waals surface area (Å²) < 4.78 is 16.9. The molecule has 4 aromatic rings. The summed E-state index contributed by atoms with van der Waals surface area (Å²) in [4.78, 5) is 12.8. The first kappa shape index (κ1) is 12.5. The Morgan fingerprint density at radius 2 is 1.70 bits per heavy atom. The molecule has 0 bridgehead atoms. The van der Waals surface area contributed by atoms with Crippen LogP contribution in [0, 0.1) is 6.92 Å². The van der Waals surface area contributed by atoms with Crippen LogP contribution >= 0.6 is 0 Å². The molecule has 1 aromatic heterocycles. The van der Waals surface area contributed by atoms with E-state index < -0.39 is 0 Å². The van der Waals surface area contributed by atoms with E-state index in [1.807, 2.05) is 49.4 Å². The van der Waals surface area contributed by atoms with Crippen LogP contribution in [0.3, 0.4) is 0 Å². The van der Waals surface area contributed by atoms with Gasteiger partial charge in [0.05, 0.1) is 10.8 Å². The van der Waals surface area contributed by atoms with Crippen LogP contribution in [0.25, 0.3) is 32.7 Å². The quantitative estimate of drug-likeness (QED) is 0.362. The van der Waals surface area contributed by atoms with Crippen molar-refractivity contribution in [1.29, 1.82) is 0 Å². The van der Waals surface area contributed by atoms with Crippen LogP contribution in [-0.2, 0) is 0 Å². The van der Waals surface area contributed by atoms with Gasteiger partial charge >= 0.3 is 0 Å². The average Bonchev–Trinajstić information content (AvgIpc) is 3.01. The van der Waals surface area contributed by atoms with E-state index in [9.17, 15) is 4.79 Å². The summed E-state index contributed by atoms with van der Waals surface area (Å²) in [6.45, 7) is 2.18. The Hall–Kier alpha value is -3.01. The van der Waals surface area contributed by atoms with Gasteiger partial charge in [-0.15, -0.1) is 0 Å². The van der Waals surface area contributed by atoms with Gasteiger partial charge in [0.2, 0.25) is 12.2 Å². The Morgan fingerprint density at radius 1 is 0.870 bits per heavy atom. The zero-order valence-electron chi connectivity index (χ0n) is 12.4. The number of fused-ring (bicyclic) bond motifs is 5. The number of hydrogen-bond donors (Lipinski definition) is 0. The predicted molar refractivity (Wildman–Crippen MR) is 88.4 cm³/mol. The van der Waals surface area contributed by atoms with E-state index >= 15 is 0 Å². The van der Waals surface area contributed by atoms with Crippen molar-refractivity contribution in [3.8, 4) is 11.5 Å². The molecule has 0 saturated carbocycles. The molecule has 0 amide bonds. The molecule has 0 atom stereocenters. The van der Waals surface area contributed by atoms with Crippen molar-refractivity contribution in [3.63, 3.8) is 0 Å². The molecular formula is C19H12O4. The molecule has 0 unspecified atom stereocenters. The smallest absolute Gasteiger partial charge is 0.231 e. The first-order valence-corrected chi connectivity index (χ1v) is 7.40. The maximum Gasteiger partial charge on any atom is 0.231 e. The predicted octanol–water partition coefficient (Wildman–Crippen LogP) is 4.14. The van der Waals surface area contributed by atoms with Gasteiger partial charge < -0.3 is 13.9 Å². The van der Waals surface area contributed by atoms with E-state index in [-0.39, 0.29) is 12.2 Å². The third-order valence-electron chi connectivity index (χ3n) is 4.30. The Bertz CT molecular complexity index is 1170. The highest BCUT2D eigenvalue weighted by Crippen LogP contribution is 2.38. The second-order valence-corrected chi connectivity index (χ2v) is 5.80. The van der Waals surface area contributed by atoms with Crippen LogP contribution in [0.5, 0.6) is 11.5 Å². The van der Waals surface area contributed by atoms with Crippen molar-refractivity contribution >= 4 is 32.7 Å². The third kappa shape index (κ3) is 1.69. The molecule has 23 heavy (non-hydrogen) atoms. The van der Waals surface area contributed by atoms with Gasteiger partial charge in [-0.05, 0) is 42.6 Å². The molecule has 0 N–H and O–H groups in total. The van der Waals surface area contributed by atoms with Crippen molar-refractivity contribution in [2.24, 2.45) is 0 Å². The van der Waals surface area contributed by atoms with Crippen molar-refractivity contribution in [3.05, 3.63) is 58.3 Å². The zero-order valence-corrected chi connectivity index (χ0v) is 12.4. The highest BCUT2D eigenvalue weighted by molar-refractivity contribution is 6.07. The second-order valence-electron chi connectivity index (χ2n) is 5.80. The van der Waals surface area contributed by atoms with Crippen LogP contribution in [0.4, 0.5) is 0 Å². The fourth-order valence-corrected chi connectivity index (χ4v) is 3.14. The molecule has 3 aromatic carbocycles. The van der Waals surface area contributed by atoms with E-state index in [2.05, 4.69) is 0 Å². The lowest BCUT2D eigenvalue weighted by atomic mass is 10.0. The summed E-state index contributed by atoms with van der Waals surface area (Å²) in [6, 6.07) is 13.2. The van der Waals surface area contributed by atoms with E-state index in [1.54, 1.807) is 0 Å². The van der Waals surface area contributed by atoms with E-state index in [0.29, 0.717) is 27.7 Å². The van der Waals surface area contributed by atoms with E-state index in [0.717, 1.165) is 22.1 Å². The number of hydrogen-bond acceptors (Lipinski definition) is 4. The van der Waals surface area contributed by atoms with Gasteiger partial charge in [0, 0.05) is 5.39 Å². The van der Waals surface area contributed by atoms with Crippen molar-refractivity contribution in [1.82, 2.24) is 0 Å². The molecular weight excluding hydrogens is 292 g/mol. The Morgan fingerprint density at radius 3 is 2.57 bits per heavy atom. The summed E-state index contributed by atoms with van der Waals surface area (Å²) in [7, 11) is 0. The fourth-order valence-electron chi connectivity index (χ4n) is 3.14. The fraction of sp³-hybridized carbons (Fsp3) is 0.105. The average molecular weight is 304 g/mol. The third-order valence-corrected chi connectivity index (χ3v) is 4.30. The lowest BCUT2D eigenvalue weighted by Gasteiger charge is -2.06. The molecule has 0 spiro atoms. The highest BCUT2D eigenvalue weighted by Gasteiger charge is 2.17. The maximum absolute atomic E-state index is 12.8. The van der Waals surface area contributed by atoms with Crippen molar-refractivity contribution in [2.45, 2.75) is 6.92 Å². The van der Waals surface area contributed by atoms with Crippen LogP contribution < -0.4 is 14.9 Å². The zero-order chi connectivity index (χ0) is 15.6. The minimum atomic E-state index is -0.00971. The Kier molecular flexibility index (Phi) is 2.32. The number of aryl methyl sites for hydroxylation is 1. The maximum atomic E-state index is 12.8. The molecule has 0 saturated heterocycles. The SMILES string of the molecule is Cc1ccc2oc3c(ccc4cc5c(cc43)OCO5)c(=O)c2c1. The molecule has 1 aliphatic rings. The molecule has 2 heterocycles. The number of benzene rings is 3. The summed E-state index contributed by atoms with van der Waals surface area (Å²) in [5.74, 6) is 1.40. The summed E-state index contributed by atoms with van der Waals surface area (Å²) in [5, 5.41) is 3.00. The van der Waals surface area contributed by atoms with Gasteiger partial charge in [0.25, 0.3) is 0 Å². The summed E-state index contributed by atoms with van der Waals surface area (Å²) in [6.07, 6.45) is 0.